The number of aryl methyl sites for hydroxylation is 1. The summed E-state index contributed by atoms with van der Waals surface area (Å²) in [6, 6.07) is 11.2. The second-order valence-electron chi connectivity index (χ2n) is 5.40. The van der Waals surface area contributed by atoms with Crippen molar-refractivity contribution in [1.29, 1.82) is 0 Å². The molecule has 1 aliphatic rings. The van der Waals surface area contributed by atoms with E-state index in [1.807, 2.05) is 25.1 Å². The summed E-state index contributed by atoms with van der Waals surface area (Å²) >= 11 is 0. The molecule has 0 aliphatic heterocycles. The van der Waals surface area contributed by atoms with Crippen LogP contribution < -0.4 is 5.32 Å². The third-order valence-corrected chi connectivity index (χ3v) is 3.71. The van der Waals surface area contributed by atoms with E-state index in [1.165, 1.54) is 24.5 Å². The van der Waals surface area contributed by atoms with Crippen molar-refractivity contribution >= 4 is 5.69 Å². The monoisotopic (exact) mass is 283 g/mol. The highest BCUT2D eigenvalue weighted by Gasteiger charge is 2.20. The molecule has 2 aromatic rings. The first-order valence-corrected chi connectivity index (χ1v) is 7.08. The minimum absolute atomic E-state index is 0.0893. The first-order chi connectivity index (χ1) is 10.1. The number of rotatable bonds is 5. The number of aromatic nitrogens is 1. The lowest BCUT2D eigenvalue weighted by molar-refractivity contribution is -0.384. The molecule has 0 unspecified atom stereocenters. The van der Waals surface area contributed by atoms with Crippen LogP contribution in [0, 0.1) is 17.0 Å². The van der Waals surface area contributed by atoms with Crippen LogP contribution in [0.4, 0.5) is 5.69 Å². The first kappa shape index (κ1) is 13.7. The van der Waals surface area contributed by atoms with Crippen molar-refractivity contribution in [3.63, 3.8) is 0 Å². The Morgan fingerprint density at radius 1 is 1.33 bits per heavy atom. The van der Waals surface area contributed by atoms with Crippen LogP contribution in [0.2, 0.25) is 0 Å². The lowest BCUT2D eigenvalue weighted by Crippen LogP contribution is -2.16. The maximum absolute atomic E-state index is 10.8. The standard InChI is InChI=1S/C16H17N3O2/c1-11-13(10-17-14-6-7-14)5-8-16(18-11)12-3-2-4-15(9-12)19(20)21/h2-5,8-9,14,17H,6-7,10H2,1H3. The Hall–Kier alpha value is -2.27. The summed E-state index contributed by atoms with van der Waals surface area (Å²) in [5, 5.41) is 14.3. The molecule has 1 saturated carbocycles. The molecule has 0 atom stereocenters. The average molecular weight is 283 g/mol. The van der Waals surface area contributed by atoms with Crippen LogP contribution in [0.3, 0.4) is 0 Å². The molecule has 0 saturated heterocycles. The predicted molar refractivity (Wildman–Crippen MR) is 80.9 cm³/mol. The summed E-state index contributed by atoms with van der Waals surface area (Å²) in [6.07, 6.45) is 2.52. The highest BCUT2D eigenvalue weighted by molar-refractivity contribution is 5.62. The molecule has 0 amide bonds. The molecule has 0 bridgehead atoms. The minimum Gasteiger partial charge on any atom is -0.310 e. The van der Waals surface area contributed by atoms with Crippen molar-refractivity contribution in [2.24, 2.45) is 0 Å². The molecule has 0 spiro atoms. The van der Waals surface area contributed by atoms with Crippen molar-refractivity contribution in [2.45, 2.75) is 32.4 Å². The van der Waals surface area contributed by atoms with E-state index in [0.29, 0.717) is 6.04 Å². The van der Waals surface area contributed by atoms with Gasteiger partial charge >= 0.3 is 0 Å². The van der Waals surface area contributed by atoms with E-state index in [0.717, 1.165) is 23.5 Å². The van der Waals surface area contributed by atoms with Gasteiger partial charge in [0.2, 0.25) is 0 Å². The SMILES string of the molecule is Cc1nc(-c2cccc([N+](=O)[O-])c2)ccc1CNC1CC1. The smallest absolute Gasteiger partial charge is 0.270 e. The Labute approximate surface area is 123 Å². The first-order valence-electron chi connectivity index (χ1n) is 7.08. The molecule has 1 aliphatic carbocycles. The number of nitrogens with one attached hydrogen (secondary N) is 1. The topological polar surface area (TPSA) is 68.1 Å². The van der Waals surface area contributed by atoms with Crippen LogP contribution in [0.5, 0.6) is 0 Å². The van der Waals surface area contributed by atoms with Crippen LogP contribution in [0.25, 0.3) is 11.3 Å². The van der Waals surface area contributed by atoms with Gasteiger partial charge in [0, 0.05) is 36.0 Å². The summed E-state index contributed by atoms with van der Waals surface area (Å²) in [5.41, 5.74) is 3.77. The molecule has 1 N–H and O–H groups in total. The normalized spacial score (nSPS) is 14.1. The van der Waals surface area contributed by atoms with Crippen LogP contribution in [-0.4, -0.2) is 15.9 Å². The van der Waals surface area contributed by atoms with Crippen molar-refractivity contribution in [2.75, 3.05) is 0 Å². The van der Waals surface area contributed by atoms with Gasteiger partial charge in [-0.05, 0) is 31.4 Å². The van der Waals surface area contributed by atoms with Gasteiger partial charge in [0.15, 0.2) is 0 Å². The van der Waals surface area contributed by atoms with Crippen molar-refractivity contribution < 1.29 is 4.92 Å². The van der Waals surface area contributed by atoms with Crippen molar-refractivity contribution in [3.8, 4) is 11.3 Å². The van der Waals surface area contributed by atoms with Gasteiger partial charge in [-0.15, -0.1) is 0 Å². The zero-order valence-corrected chi connectivity index (χ0v) is 11.9. The van der Waals surface area contributed by atoms with Gasteiger partial charge in [-0.2, -0.15) is 0 Å². The van der Waals surface area contributed by atoms with Gasteiger partial charge in [-0.3, -0.25) is 15.1 Å². The van der Waals surface area contributed by atoms with Gasteiger partial charge in [-0.25, -0.2) is 0 Å². The van der Waals surface area contributed by atoms with E-state index in [-0.39, 0.29) is 10.6 Å². The molecule has 5 heteroatoms. The molecule has 3 rings (SSSR count). The van der Waals surface area contributed by atoms with E-state index in [2.05, 4.69) is 10.3 Å². The number of nitrogens with zero attached hydrogens (tertiary/aromatic N) is 2. The lowest BCUT2D eigenvalue weighted by Gasteiger charge is -2.09. The fraction of sp³-hybridized carbons (Fsp3) is 0.312. The zero-order valence-electron chi connectivity index (χ0n) is 11.9. The van der Waals surface area contributed by atoms with Gasteiger partial charge in [0.1, 0.15) is 0 Å². The fourth-order valence-corrected chi connectivity index (χ4v) is 2.26. The van der Waals surface area contributed by atoms with Crippen LogP contribution >= 0.6 is 0 Å². The molecule has 21 heavy (non-hydrogen) atoms. The Balaban J connectivity index is 1.83. The summed E-state index contributed by atoms with van der Waals surface area (Å²) in [5.74, 6) is 0. The van der Waals surface area contributed by atoms with Crippen molar-refractivity contribution in [1.82, 2.24) is 10.3 Å². The van der Waals surface area contributed by atoms with E-state index in [1.54, 1.807) is 12.1 Å². The van der Waals surface area contributed by atoms with E-state index < -0.39 is 0 Å². The second-order valence-corrected chi connectivity index (χ2v) is 5.40. The Morgan fingerprint density at radius 3 is 2.81 bits per heavy atom. The summed E-state index contributed by atoms with van der Waals surface area (Å²) in [7, 11) is 0. The number of nitro groups is 1. The molecule has 1 heterocycles. The number of hydrogen-bond donors (Lipinski definition) is 1. The quantitative estimate of drug-likeness (QED) is 0.675. The van der Waals surface area contributed by atoms with E-state index in [9.17, 15) is 10.1 Å². The van der Waals surface area contributed by atoms with E-state index >= 15 is 0 Å². The number of nitro benzene ring substituents is 1. The molecule has 1 aromatic heterocycles. The number of benzene rings is 1. The third kappa shape index (κ3) is 3.25. The molecule has 1 fully saturated rings. The predicted octanol–water partition coefficient (Wildman–Crippen LogP) is 3.22. The molecular formula is C16H17N3O2. The maximum Gasteiger partial charge on any atom is 0.270 e. The summed E-state index contributed by atoms with van der Waals surface area (Å²) in [6.45, 7) is 2.81. The molecule has 0 radical (unpaired) electrons. The Bertz CT molecular complexity index is 681. The zero-order chi connectivity index (χ0) is 14.8. The van der Waals surface area contributed by atoms with Crippen molar-refractivity contribution in [3.05, 3.63) is 57.8 Å². The highest BCUT2D eigenvalue weighted by Crippen LogP contribution is 2.24. The molecular weight excluding hydrogens is 266 g/mol. The highest BCUT2D eigenvalue weighted by atomic mass is 16.6. The van der Waals surface area contributed by atoms with Gasteiger partial charge in [0.25, 0.3) is 5.69 Å². The second kappa shape index (κ2) is 5.61. The summed E-state index contributed by atoms with van der Waals surface area (Å²) in [4.78, 5) is 15.0. The number of pyridine rings is 1. The van der Waals surface area contributed by atoms with Gasteiger partial charge < -0.3 is 5.32 Å². The van der Waals surface area contributed by atoms with Gasteiger partial charge in [-0.1, -0.05) is 18.2 Å². The third-order valence-electron chi connectivity index (χ3n) is 3.71. The van der Waals surface area contributed by atoms with Crippen LogP contribution in [-0.2, 0) is 6.54 Å². The number of hydrogen-bond acceptors (Lipinski definition) is 4. The lowest BCUT2D eigenvalue weighted by atomic mass is 10.1. The summed E-state index contributed by atoms with van der Waals surface area (Å²) < 4.78 is 0. The van der Waals surface area contributed by atoms with Gasteiger partial charge in [0.05, 0.1) is 10.6 Å². The average Bonchev–Trinajstić information content (AvgIpc) is 3.30. The Morgan fingerprint density at radius 2 is 2.14 bits per heavy atom. The number of non-ortho nitro benzene ring substituents is 1. The van der Waals surface area contributed by atoms with Crippen LogP contribution in [0.15, 0.2) is 36.4 Å². The largest absolute Gasteiger partial charge is 0.310 e. The fourth-order valence-electron chi connectivity index (χ4n) is 2.26. The maximum atomic E-state index is 10.8. The molecule has 108 valence electrons. The Kier molecular flexibility index (Phi) is 3.66. The molecule has 5 nitrogen and oxygen atoms in total. The van der Waals surface area contributed by atoms with E-state index in [4.69, 9.17) is 0 Å². The van der Waals surface area contributed by atoms with Crippen LogP contribution in [0.1, 0.15) is 24.1 Å². The molecule has 1 aromatic carbocycles. The minimum atomic E-state index is -0.385.